The standard InChI is InChI=1S/C28H38N2O2/c1-28(2,3)22-11-15-24(16-12-22)30-19-17-29(18-20-30)23-13-9-21(10-14-23)25-7-5-6-8-26(25)27(31)32-4/h5-10,13-14,22,24H,11-12,15-20H2,1-4H3. The fourth-order valence-corrected chi connectivity index (χ4v) is 5.53. The Labute approximate surface area is 193 Å². The minimum Gasteiger partial charge on any atom is -0.465 e. The van der Waals surface area contributed by atoms with E-state index in [2.05, 4.69) is 54.8 Å². The molecule has 2 aromatic rings. The van der Waals surface area contributed by atoms with Crippen molar-refractivity contribution >= 4 is 11.7 Å². The molecule has 4 heteroatoms. The predicted molar refractivity (Wildman–Crippen MR) is 132 cm³/mol. The van der Waals surface area contributed by atoms with Crippen LogP contribution in [-0.2, 0) is 4.74 Å². The van der Waals surface area contributed by atoms with Crippen molar-refractivity contribution in [2.24, 2.45) is 11.3 Å². The van der Waals surface area contributed by atoms with Gasteiger partial charge in [-0.2, -0.15) is 0 Å². The summed E-state index contributed by atoms with van der Waals surface area (Å²) in [6.45, 7) is 11.7. The second kappa shape index (κ2) is 9.66. The third-order valence-electron chi connectivity index (χ3n) is 7.63. The Balaban J connectivity index is 1.35. The Hall–Kier alpha value is -2.33. The highest BCUT2D eigenvalue weighted by Gasteiger charge is 2.33. The number of hydrogen-bond donors (Lipinski definition) is 0. The van der Waals surface area contributed by atoms with E-state index in [1.165, 1.54) is 38.5 Å². The molecule has 4 nitrogen and oxygen atoms in total. The van der Waals surface area contributed by atoms with Gasteiger partial charge in [-0.05, 0) is 66.3 Å². The lowest BCUT2D eigenvalue weighted by molar-refractivity contribution is 0.0601. The first-order valence-corrected chi connectivity index (χ1v) is 12.1. The number of carbonyl (C=O) groups is 1. The molecule has 0 spiro atoms. The Morgan fingerprint density at radius 3 is 2.09 bits per heavy atom. The van der Waals surface area contributed by atoms with E-state index in [1.54, 1.807) is 0 Å². The topological polar surface area (TPSA) is 32.8 Å². The number of carbonyl (C=O) groups excluding carboxylic acids is 1. The van der Waals surface area contributed by atoms with Crippen molar-refractivity contribution in [3.63, 3.8) is 0 Å². The van der Waals surface area contributed by atoms with E-state index >= 15 is 0 Å². The molecule has 0 atom stereocenters. The van der Waals surface area contributed by atoms with E-state index < -0.39 is 0 Å². The van der Waals surface area contributed by atoms with Crippen LogP contribution in [0, 0.1) is 11.3 Å². The smallest absolute Gasteiger partial charge is 0.338 e. The van der Waals surface area contributed by atoms with Crippen LogP contribution < -0.4 is 4.90 Å². The summed E-state index contributed by atoms with van der Waals surface area (Å²) in [6, 6.07) is 17.0. The van der Waals surface area contributed by atoms with Crippen molar-refractivity contribution in [1.29, 1.82) is 0 Å². The number of nitrogens with zero attached hydrogens (tertiary/aromatic N) is 2. The average molecular weight is 435 g/mol. The number of anilines is 1. The Kier molecular flexibility index (Phi) is 6.90. The summed E-state index contributed by atoms with van der Waals surface area (Å²) in [5.74, 6) is 0.584. The van der Waals surface area contributed by atoms with Gasteiger partial charge in [-0.1, -0.05) is 51.1 Å². The first-order valence-electron chi connectivity index (χ1n) is 12.1. The summed E-state index contributed by atoms with van der Waals surface area (Å²) in [7, 11) is 1.43. The number of piperazine rings is 1. The van der Waals surface area contributed by atoms with Crippen molar-refractivity contribution in [3.05, 3.63) is 54.1 Å². The number of benzene rings is 2. The van der Waals surface area contributed by atoms with Crippen molar-refractivity contribution in [2.45, 2.75) is 52.5 Å². The Morgan fingerprint density at radius 2 is 1.50 bits per heavy atom. The molecule has 0 unspecified atom stereocenters. The maximum absolute atomic E-state index is 12.1. The van der Waals surface area contributed by atoms with Gasteiger partial charge in [-0.25, -0.2) is 4.79 Å². The molecule has 1 aliphatic carbocycles. The van der Waals surface area contributed by atoms with E-state index in [4.69, 9.17) is 4.74 Å². The quantitative estimate of drug-likeness (QED) is 0.564. The van der Waals surface area contributed by atoms with Gasteiger partial charge in [0.2, 0.25) is 0 Å². The Bertz CT molecular complexity index is 900. The van der Waals surface area contributed by atoms with Crippen LogP contribution in [0.2, 0.25) is 0 Å². The SMILES string of the molecule is COC(=O)c1ccccc1-c1ccc(N2CCN(C3CCC(C(C)(C)C)CC3)CC2)cc1. The molecule has 0 radical (unpaired) electrons. The molecule has 1 heterocycles. The molecule has 0 aromatic heterocycles. The van der Waals surface area contributed by atoms with Crippen LogP contribution in [0.4, 0.5) is 5.69 Å². The van der Waals surface area contributed by atoms with Crippen molar-refractivity contribution in [3.8, 4) is 11.1 Å². The maximum Gasteiger partial charge on any atom is 0.338 e. The zero-order valence-electron chi connectivity index (χ0n) is 20.1. The molecule has 2 aromatic carbocycles. The maximum atomic E-state index is 12.1. The van der Waals surface area contributed by atoms with E-state index in [1.807, 2.05) is 24.3 Å². The molecule has 172 valence electrons. The molecule has 0 N–H and O–H groups in total. The lowest BCUT2D eigenvalue weighted by atomic mass is 9.71. The summed E-state index contributed by atoms with van der Waals surface area (Å²) in [5.41, 5.74) is 4.29. The van der Waals surface area contributed by atoms with Crippen LogP contribution >= 0.6 is 0 Å². The normalized spacial score (nSPS) is 22.6. The third-order valence-corrected chi connectivity index (χ3v) is 7.63. The van der Waals surface area contributed by atoms with Gasteiger partial charge < -0.3 is 9.64 Å². The van der Waals surface area contributed by atoms with Crippen LogP contribution in [0.15, 0.2) is 48.5 Å². The van der Waals surface area contributed by atoms with E-state index in [0.717, 1.165) is 49.3 Å². The first-order chi connectivity index (χ1) is 15.4. The largest absolute Gasteiger partial charge is 0.465 e. The fourth-order valence-electron chi connectivity index (χ4n) is 5.53. The van der Waals surface area contributed by atoms with Crippen molar-refractivity contribution in [2.75, 3.05) is 38.2 Å². The van der Waals surface area contributed by atoms with E-state index in [-0.39, 0.29) is 5.97 Å². The Morgan fingerprint density at radius 1 is 0.875 bits per heavy atom. The van der Waals surface area contributed by atoms with Crippen LogP contribution in [0.3, 0.4) is 0 Å². The summed E-state index contributed by atoms with van der Waals surface area (Å²) in [5, 5.41) is 0. The summed E-state index contributed by atoms with van der Waals surface area (Å²) < 4.78 is 4.95. The summed E-state index contributed by atoms with van der Waals surface area (Å²) in [4.78, 5) is 17.3. The lowest BCUT2D eigenvalue weighted by Crippen LogP contribution is -2.51. The third kappa shape index (κ3) is 5.01. The number of methoxy groups -OCH3 is 1. The molecule has 32 heavy (non-hydrogen) atoms. The van der Waals surface area contributed by atoms with Crippen LogP contribution in [0.5, 0.6) is 0 Å². The monoisotopic (exact) mass is 434 g/mol. The summed E-state index contributed by atoms with van der Waals surface area (Å²) >= 11 is 0. The van der Waals surface area contributed by atoms with Crippen molar-refractivity contribution < 1.29 is 9.53 Å². The molecule has 0 amide bonds. The zero-order chi connectivity index (χ0) is 22.7. The molecule has 1 saturated heterocycles. The molecular weight excluding hydrogens is 396 g/mol. The predicted octanol–water partition coefficient (Wildman–Crippen LogP) is 5.87. The molecule has 1 aliphatic heterocycles. The number of ether oxygens (including phenoxy) is 1. The lowest BCUT2D eigenvalue weighted by Gasteiger charge is -2.44. The van der Waals surface area contributed by atoms with Gasteiger partial charge in [0, 0.05) is 37.9 Å². The molecule has 2 aliphatic rings. The molecule has 2 fully saturated rings. The molecule has 1 saturated carbocycles. The van der Waals surface area contributed by atoms with E-state index in [0.29, 0.717) is 11.0 Å². The van der Waals surface area contributed by atoms with Gasteiger partial charge in [0.05, 0.1) is 12.7 Å². The van der Waals surface area contributed by atoms with Gasteiger partial charge in [-0.15, -0.1) is 0 Å². The van der Waals surface area contributed by atoms with Gasteiger partial charge >= 0.3 is 5.97 Å². The summed E-state index contributed by atoms with van der Waals surface area (Å²) in [6.07, 6.45) is 5.47. The highest BCUT2D eigenvalue weighted by Crippen LogP contribution is 2.39. The van der Waals surface area contributed by atoms with E-state index in [9.17, 15) is 4.79 Å². The minimum atomic E-state index is -0.294. The zero-order valence-corrected chi connectivity index (χ0v) is 20.1. The highest BCUT2D eigenvalue weighted by molar-refractivity contribution is 5.97. The van der Waals surface area contributed by atoms with Gasteiger partial charge in [0.1, 0.15) is 0 Å². The second-order valence-electron chi connectivity index (χ2n) is 10.5. The van der Waals surface area contributed by atoms with Crippen molar-refractivity contribution in [1.82, 2.24) is 4.90 Å². The number of rotatable bonds is 4. The number of esters is 1. The molecule has 0 bridgehead atoms. The van der Waals surface area contributed by atoms with Crippen LogP contribution in [0.1, 0.15) is 56.8 Å². The van der Waals surface area contributed by atoms with Gasteiger partial charge in [0.25, 0.3) is 0 Å². The average Bonchev–Trinajstić information content (AvgIpc) is 2.83. The van der Waals surface area contributed by atoms with Gasteiger partial charge in [-0.3, -0.25) is 4.90 Å². The minimum absolute atomic E-state index is 0.294. The number of hydrogen-bond acceptors (Lipinski definition) is 4. The van der Waals surface area contributed by atoms with Crippen LogP contribution in [0.25, 0.3) is 11.1 Å². The second-order valence-corrected chi connectivity index (χ2v) is 10.5. The fraction of sp³-hybridized carbons (Fsp3) is 0.536. The first kappa shape index (κ1) is 22.8. The van der Waals surface area contributed by atoms with Gasteiger partial charge in [0.15, 0.2) is 0 Å². The van der Waals surface area contributed by atoms with Crippen LogP contribution in [-0.4, -0.2) is 50.2 Å². The molecular formula is C28H38N2O2. The highest BCUT2D eigenvalue weighted by atomic mass is 16.5. The molecule has 4 rings (SSSR count).